The maximum atomic E-state index is 4.90. The molecule has 1 aromatic rings. The van der Waals surface area contributed by atoms with Gasteiger partial charge in [0.05, 0.1) is 0 Å². The minimum atomic E-state index is 0.361. The molecule has 1 rings (SSSR count). The Bertz CT molecular complexity index is 238. The summed E-state index contributed by atoms with van der Waals surface area (Å²) >= 11 is 1.78. The van der Waals surface area contributed by atoms with Crippen molar-refractivity contribution in [1.29, 1.82) is 0 Å². The molecular formula is C7H13N3OS. The van der Waals surface area contributed by atoms with Crippen LogP contribution < -0.4 is 5.32 Å². The predicted octanol–water partition coefficient (Wildman–Crippen LogP) is 1.54. The van der Waals surface area contributed by atoms with E-state index in [1.165, 1.54) is 0 Å². The third kappa shape index (κ3) is 2.73. The number of nitrogens with zero attached hydrogens (tertiary/aromatic N) is 2. The molecule has 1 unspecified atom stereocenters. The molecule has 12 heavy (non-hydrogen) atoms. The van der Waals surface area contributed by atoms with E-state index in [1.807, 2.05) is 0 Å². The van der Waals surface area contributed by atoms with Gasteiger partial charge in [-0.1, -0.05) is 5.16 Å². The predicted molar refractivity (Wildman–Crippen MR) is 50.5 cm³/mol. The molecule has 68 valence electrons. The van der Waals surface area contributed by atoms with Gasteiger partial charge >= 0.3 is 6.01 Å². The molecule has 0 aliphatic carbocycles. The van der Waals surface area contributed by atoms with Gasteiger partial charge in [-0.05, 0) is 20.1 Å². The van der Waals surface area contributed by atoms with Crippen molar-refractivity contribution in [2.45, 2.75) is 19.9 Å². The highest BCUT2D eigenvalue weighted by Gasteiger charge is 2.05. The standard InChI is InChI=1S/C7H13N3OS/c1-5(4-12-3)8-7-9-6(2)10-11-7/h5H,4H2,1-3H3,(H,8,9,10). The number of nitrogens with one attached hydrogen (secondary N) is 1. The minimum absolute atomic E-state index is 0.361. The Labute approximate surface area is 76.1 Å². The highest BCUT2D eigenvalue weighted by Crippen LogP contribution is 2.06. The highest BCUT2D eigenvalue weighted by molar-refractivity contribution is 7.98. The van der Waals surface area contributed by atoms with Gasteiger partial charge in [0.15, 0.2) is 5.82 Å². The van der Waals surface area contributed by atoms with Crippen LogP contribution in [0.1, 0.15) is 12.7 Å². The third-order valence-corrected chi connectivity index (χ3v) is 2.15. The fraction of sp³-hybridized carbons (Fsp3) is 0.714. The van der Waals surface area contributed by atoms with E-state index in [0.29, 0.717) is 17.9 Å². The molecule has 0 fully saturated rings. The molecule has 4 nitrogen and oxygen atoms in total. The Kier molecular flexibility index (Phi) is 3.40. The van der Waals surface area contributed by atoms with Crippen LogP contribution in [0, 0.1) is 6.92 Å². The van der Waals surface area contributed by atoms with Crippen molar-refractivity contribution in [2.75, 3.05) is 17.3 Å². The van der Waals surface area contributed by atoms with Crippen molar-refractivity contribution < 1.29 is 4.52 Å². The summed E-state index contributed by atoms with van der Waals surface area (Å²) < 4.78 is 4.90. The number of hydrogen-bond acceptors (Lipinski definition) is 5. The monoisotopic (exact) mass is 187 g/mol. The molecular weight excluding hydrogens is 174 g/mol. The van der Waals surface area contributed by atoms with Gasteiger partial charge in [-0.2, -0.15) is 16.7 Å². The normalized spacial score (nSPS) is 12.9. The summed E-state index contributed by atoms with van der Waals surface area (Å²) in [6.07, 6.45) is 2.07. The van der Waals surface area contributed by atoms with E-state index in [4.69, 9.17) is 4.52 Å². The second-order valence-corrected chi connectivity index (χ2v) is 3.56. The largest absolute Gasteiger partial charge is 0.334 e. The van der Waals surface area contributed by atoms with Crippen molar-refractivity contribution in [1.82, 2.24) is 10.1 Å². The van der Waals surface area contributed by atoms with Crippen LogP contribution in [-0.4, -0.2) is 28.2 Å². The number of rotatable bonds is 4. The Morgan fingerprint density at radius 2 is 2.42 bits per heavy atom. The molecule has 1 N–H and O–H groups in total. The van der Waals surface area contributed by atoms with E-state index in [2.05, 4.69) is 28.6 Å². The van der Waals surface area contributed by atoms with E-state index < -0.39 is 0 Å². The molecule has 0 aliphatic heterocycles. The number of hydrogen-bond donors (Lipinski definition) is 1. The minimum Gasteiger partial charge on any atom is -0.334 e. The van der Waals surface area contributed by atoms with Gasteiger partial charge in [-0.25, -0.2) is 0 Å². The molecule has 0 saturated heterocycles. The van der Waals surface area contributed by atoms with Crippen molar-refractivity contribution >= 4 is 17.8 Å². The first kappa shape index (κ1) is 9.38. The Morgan fingerprint density at radius 1 is 1.67 bits per heavy atom. The van der Waals surface area contributed by atoms with Crippen LogP contribution in [0.3, 0.4) is 0 Å². The summed E-state index contributed by atoms with van der Waals surface area (Å²) in [6, 6.07) is 0.869. The van der Waals surface area contributed by atoms with Crippen molar-refractivity contribution in [3.8, 4) is 0 Å². The number of thioether (sulfide) groups is 1. The molecule has 0 saturated carbocycles. The molecule has 0 aliphatic rings. The summed E-state index contributed by atoms with van der Waals surface area (Å²) in [5.41, 5.74) is 0. The van der Waals surface area contributed by atoms with Gasteiger partial charge in [-0.15, -0.1) is 0 Å². The van der Waals surface area contributed by atoms with Crippen molar-refractivity contribution in [3.05, 3.63) is 5.82 Å². The second-order valence-electron chi connectivity index (χ2n) is 2.65. The summed E-state index contributed by atoms with van der Waals surface area (Å²) in [7, 11) is 0. The molecule has 0 bridgehead atoms. The van der Waals surface area contributed by atoms with Crippen LogP contribution in [0.25, 0.3) is 0 Å². The first-order valence-corrected chi connectivity index (χ1v) is 5.17. The van der Waals surface area contributed by atoms with Gasteiger partial charge in [-0.3, -0.25) is 0 Å². The molecule has 1 heterocycles. The zero-order valence-corrected chi connectivity index (χ0v) is 8.31. The molecule has 0 amide bonds. The lowest BCUT2D eigenvalue weighted by atomic mass is 10.4. The Morgan fingerprint density at radius 3 is 2.92 bits per heavy atom. The maximum Gasteiger partial charge on any atom is 0.321 e. The first-order chi connectivity index (χ1) is 5.72. The fourth-order valence-corrected chi connectivity index (χ4v) is 1.44. The van der Waals surface area contributed by atoms with Crippen LogP contribution >= 0.6 is 11.8 Å². The molecule has 0 spiro atoms. The average molecular weight is 187 g/mol. The molecule has 5 heteroatoms. The Hall–Kier alpha value is -0.710. The highest BCUT2D eigenvalue weighted by atomic mass is 32.2. The van der Waals surface area contributed by atoms with Gasteiger partial charge in [0.2, 0.25) is 0 Å². The summed E-state index contributed by atoms with van der Waals surface area (Å²) in [6.45, 7) is 3.88. The third-order valence-electron chi connectivity index (χ3n) is 1.31. The topological polar surface area (TPSA) is 51.0 Å². The van der Waals surface area contributed by atoms with Crippen molar-refractivity contribution in [2.24, 2.45) is 0 Å². The van der Waals surface area contributed by atoms with E-state index in [-0.39, 0.29) is 0 Å². The smallest absolute Gasteiger partial charge is 0.321 e. The lowest BCUT2D eigenvalue weighted by molar-refractivity contribution is 0.423. The van der Waals surface area contributed by atoms with Gasteiger partial charge < -0.3 is 9.84 Å². The Balaban J connectivity index is 2.41. The van der Waals surface area contributed by atoms with Crippen LogP contribution in [0.15, 0.2) is 4.52 Å². The molecule has 0 aromatic carbocycles. The van der Waals surface area contributed by atoms with E-state index in [1.54, 1.807) is 18.7 Å². The van der Waals surface area contributed by atoms with Gasteiger partial charge in [0.25, 0.3) is 0 Å². The summed E-state index contributed by atoms with van der Waals surface area (Å²) in [4.78, 5) is 4.03. The lowest BCUT2D eigenvalue weighted by Crippen LogP contribution is -2.17. The van der Waals surface area contributed by atoms with Crippen LogP contribution in [0.4, 0.5) is 6.01 Å². The van der Waals surface area contributed by atoms with Crippen LogP contribution in [0.5, 0.6) is 0 Å². The fourth-order valence-electron chi connectivity index (χ4n) is 0.858. The number of anilines is 1. The second kappa shape index (κ2) is 4.35. The van der Waals surface area contributed by atoms with Crippen molar-refractivity contribution in [3.63, 3.8) is 0 Å². The van der Waals surface area contributed by atoms with Gasteiger partial charge in [0, 0.05) is 11.8 Å². The zero-order valence-electron chi connectivity index (χ0n) is 7.50. The molecule has 1 aromatic heterocycles. The average Bonchev–Trinajstić information content (AvgIpc) is 2.36. The zero-order chi connectivity index (χ0) is 8.97. The van der Waals surface area contributed by atoms with E-state index >= 15 is 0 Å². The van der Waals surface area contributed by atoms with Crippen LogP contribution in [-0.2, 0) is 0 Å². The lowest BCUT2D eigenvalue weighted by Gasteiger charge is -2.08. The SMILES string of the molecule is CSCC(C)Nc1nc(C)no1. The van der Waals surface area contributed by atoms with E-state index in [0.717, 1.165) is 5.75 Å². The van der Waals surface area contributed by atoms with Gasteiger partial charge in [0.1, 0.15) is 0 Å². The summed E-state index contributed by atoms with van der Waals surface area (Å²) in [5, 5.41) is 6.78. The quantitative estimate of drug-likeness (QED) is 0.775. The first-order valence-electron chi connectivity index (χ1n) is 3.78. The summed E-state index contributed by atoms with van der Waals surface area (Å²) in [5.74, 6) is 1.69. The molecule has 0 radical (unpaired) electrons. The maximum absolute atomic E-state index is 4.90. The number of aryl methyl sites for hydroxylation is 1. The molecule has 1 atom stereocenters. The number of aromatic nitrogens is 2. The van der Waals surface area contributed by atoms with E-state index in [9.17, 15) is 0 Å². The van der Waals surface area contributed by atoms with Crippen LogP contribution in [0.2, 0.25) is 0 Å².